The van der Waals surface area contributed by atoms with E-state index in [1.165, 1.54) is 32.1 Å². The van der Waals surface area contributed by atoms with Crippen LogP contribution in [-0.2, 0) is 11.3 Å². The summed E-state index contributed by atoms with van der Waals surface area (Å²) < 4.78 is 0. The summed E-state index contributed by atoms with van der Waals surface area (Å²) in [6, 6.07) is 10.1. The van der Waals surface area contributed by atoms with Crippen LogP contribution >= 0.6 is 0 Å². The van der Waals surface area contributed by atoms with Crippen LogP contribution in [0.3, 0.4) is 0 Å². The summed E-state index contributed by atoms with van der Waals surface area (Å²) in [4.78, 5) is 21.2. The lowest BCUT2D eigenvalue weighted by Gasteiger charge is -2.26. The Labute approximate surface area is 144 Å². The molecular weight excluding hydrogens is 298 g/mol. The molecule has 0 atom stereocenters. The molecule has 128 valence electrons. The number of carbonyl (C=O) groups is 1. The number of benzene rings is 1. The number of hydrogen-bond acceptors (Lipinski definition) is 3. The topological polar surface area (TPSA) is 36.4 Å². The standard InChI is InChI=1S/C20H27N3O/c1-22(20(24)16-23-13-5-3-2-4-6-14-23)15-17-9-7-11-19-18(17)10-8-12-21-19/h7-12H,2-6,13-16H2,1H3. The zero-order chi connectivity index (χ0) is 16.8. The molecule has 4 nitrogen and oxygen atoms in total. The summed E-state index contributed by atoms with van der Waals surface area (Å²) in [5.74, 6) is 0.205. The van der Waals surface area contributed by atoms with Gasteiger partial charge in [-0.15, -0.1) is 0 Å². The number of rotatable bonds is 4. The summed E-state index contributed by atoms with van der Waals surface area (Å²) in [7, 11) is 1.90. The Bertz CT molecular complexity index is 672. The number of aromatic nitrogens is 1. The third kappa shape index (κ3) is 4.32. The predicted octanol–water partition coefficient (Wildman–Crippen LogP) is 3.46. The number of amides is 1. The number of likely N-dealkylation sites (tertiary alicyclic amines) is 1. The summed E-state index contributed by atoms with van der Waals surface area (Å²) in [6.45, 7) is 3.28. The van der Waals surface area contributed by atoms with E-state index in [1.54, 1.807) is 0 Å². The van der Waals surface area contributed by atoms with Gasteiger partial charge in [0, 0.05) is 25.2 Å². The van der Waals surface area contributed by atoms with E-state index in [9.17, 15) is 4.79 Å². The molecule has 0 unspecified atom stereocenters. The summed E-state index contributed by atoms with van der Waals surface area (Å²) in [5.41, 5.74) is 2.14. The van der Waals surface area contributed by atoms with Gasteiger partial charge in [0.25, 0.3) is 0 Å². The van der Waals surface area contributed by atoms with E-state index in [1.807, 2.05) is 36.3 Å². The highest BCUT2D eigenvalue weighted by molar-refractivity contribution is 5.83. The maximum Gasteiger partial charge on any atom is 0.236 e. The van der Waals surface area contributed by atoms with Gasteiger partial charge in [-0.1, -0.05) is 37.5 Å². The lowest BCUT2D eigenvalue weighted by molar-refractivity contribution is -0.131. The number of fused-ring (bicyclic) bond motifs is 1. The molecule has 1 aliphatic heterocycles. The third-order valence-electron chi connectivity index (χ3n) is 4.88. The SMILES string of the molecule is CN(Cc1cccc2ncccc12)C(=O)CN1CCCCCCC1. The van der Waals surface area contributed by atoms with Crippen LogP contribution in [0.5, 0.6) is 0 Å². The third-order valence-corrected chi connectivity index (χ3v) is 4.88. The molecule has 0 aliphatic carbocycles. The number of hydrogen-bond donors (Lipinski definition) is 0. The molecule has 0 N–H and O–H groups in total. The van der Waals surface area contributed by atoms with E-state index in [-0.39, 0.29) is 5.91 Å². The fourth-order valence-corrected chi connectivity index (χ4v) is 3.43. The van der Waals surface area contributed by atoms with Gasteiger partial charge in [0.05, 0.1) is 12.1 Å². The molecular formula is C20H27N3O. The van der Waals surface area contributed by atoms with E-state index in [0.29, 0.717) is 13.1 Å². The monoisotopic (exact) mass is 325 g/mol. The average Bonchev–Trinajstić information content (AvgIpc) is 2.57. The van der Waals surface area contributed by atoms with Crippen molar-refractivity contribution in [3.05, 3.63) is 42.1 Å². The lowest BCUT2D eigenvalue weighted by atomic mass is 10.1. The minimum absolute atomic E-state index is 0.205. The Balaban J connectivity index is 1.62. The van der Waals surface area contributed by atoms with Gasteiger partial charge in [0.1, 0.15) is 0 Å². The summed E-state index contributed by atoms with van der Waals surface area (Å²) in [5, 5.41) is 1.13. The minimum Gasteiger partial charge on any atom is -0.340 e. The second-order valence-corrected chi connectivity index (χ2v) is 6.78. The fourth-order valence-electron chi connectivity index (χ4n) is 3.43. The van der Waals surface area contributed by atoms with Gasteiger partial charge in [-0.25, -0.2) is 0 Å². The first-order valence-corrected chi connectivity index (χ1v) is 9.03. The largest absolute Gasteiger partial charge is 0.340 e. The molecule has 1 fully saturated rings. The molecule has 2 heterocycles. The summed E-state index contributed by atoms with van der Waals surface area (Å²) in [6.07, 6.45) is 8.17. The second-order valence-electron chi connectivity index (χ2n) is 6.78. The van der Waals surface area contributed by atoms with E-state index in [4.69, 9.17) is 0 Å². The number of likely N-dealkylation sites (N-methyl/N-ethyl adjacent to an activating group) is 1. The molecule has 3 rings (SSSR count). The molecule has 1 saturated heterocycles. The molecule has 2 aromatic rings. The number of pyridine rings is 1. The van der Waals surface area contributed by atoms with Gasteiger partial charge in [0.2, 0.25) is 5.91 Å². The van der Waals surface area contributed by atoms with Crippen molar-refractivity contribution in [2.24, 2.45) is 0 Å². The Morgan fingerprint density at radius 3 is 2.62 bits per heavy atom. The zero-order valence-electron chi connectivity index (χ0n) is 14.6. The van der Waals surface area contributed by atoms with Gasteiger partial charge in [-0.3, -0.25) is 14.7 Å². The Morgan fingerprint density at radius 2 is 1.83 bits per heavy atom. The molecule has 1 aliphatic rings. The molecule has 1 aromatic carbocycles. The van der Waals surface area contributed by atoms with Crippen molar-refractivity contribution in [1.82, 2.24) is 14.8 Å². The van der Waals surface area contributed by atoms with Crippen molar-refractivity contribution in [2.45, 2.75) is 38.6 Å². The molecule has 0 bridgehead atoms. The second kappa shape index (κ2) is 8.25. The van der Waals surface area contributed by atoms with E-state index in [0.717, 1.165) is 29.6 Å². The smallest absolute Gasteiger partial charge is 0.236 e. The van der Waals surface area contributed by atoms with Crippen molar-refractivity contribution < 1.29 is 4.79 Å². The Morgan fingerprint density at radius 1 is 1.08 bits per heavy atom. The Hall–Kier alpha value is -1.94. The first-order valence-electron chi connectivity index (χ1n) is 9.03. The number of nitrogens with zero attached hydrogens (tertiary/aromatic N) is 3. The van der Waals surface area contributed by atoms with Crippen LogP contribution < -0.4 is 0 Å². The van der Waals surface area contributed by atoms with Crippen LogP contribution in [0.4, 0.5) is 0 Å². The van der Waals surface area contributed by atoms with Crippen LogP contribution in [-0.4, -0.2) is 47.4 Å². The predicted molar refractivity (Wildman–Crippen MR) is 97.7 cm³/mol. The van der Waals surface area contributed by atoms with Crippen LogP contribution in [0.2, 0.25) is 0 Å². The van der Waals surface area contributed by atoms with Gasteiger partial charge >= 0.3 is 0 Å². The number of carbonyl (C=O) groups excluding carboxylic acids is 1. The van der Waals surface area contributed by atoms with Crippen LogP contribution in [0.15, 0.2) is 36.5 Å². The van der Waals surface area contributed by atoms with Gasteiger partial charge < -0.3 is 4.90 Å². The lowest BCUT2D eigenvalue weighted by Crippen LogP contribution is -2.39. The van der Waals surface area contributed by atoms with Crippen molar-refractivity contribution in [3.8, 4) is 0 Å². The maximum atomic E-state index is 12.6. The van der Waals surface area contributed by atoms with Crippen LogP contribution in [0, 0.1) is 0 Å². The highest BCUT2D eigenvalue weighted by Crippen LogP contribution is 2.18. The first kappa shape index (κ1) is 16.9. The highest BCUT2D eigenvalue weighted by atomic mass is 16.2. The minimum atomic E-state index is 0.205. The molecule has 1 amide bonds. The average molecular weight is 325 g/mol. The van der Waals surface area contributed by atoms with Crippen molar-refractivity contribution in [3.63, 3.8) is 0 Å². The molecule has 0 spiro atoms. The van der Waals surface area contributed by atoms with Crippen molar-refractivity contribution >= 4 is 16.8 Å². The van der Waals surface area contributed by atoms with E-state index in [2.05, 4.69) is 22.0 Å². The van der Waals surface area contributed by atoms with Crippen molar-refractivity contribution in [2.75, 3.05) is 26.7 Å². The van der Waals surface area contributed by atoms with Gasteiger partial charge in [-0.2, -0.15) is 0 Å². The Kier molecular flexibility index (Phi) is 5.81. The van der Waals surface area contributed by atoms with E-state index < -0.39 is 0 Å². The highest BCUT2D eigenvalue weighted by Gasteiger charge is 2.16. The molecule has 1 aromatic heterocycles. The van der Waals surface area contributed by atoms with E-state index >= 15 is 0 Å². The molecule has 0 saturated carbocycles. The van der Waals surface area contributed by atoms with Crippen LogP contribution in [0.25, 0.3) is 10.9 Å². The quantitative estimate of drug-likeness (QED) is 0.864. The maximum absolute atomic E-state index is 12.6. The molecule has 4 heteroatoms. The first-order chi connectivity index (χ1) is 11.7. The molecule has 24 heavy (non-hydrogen) atoms. The zero-order valence-corrected chi connectivity index (χ0v) is 14.6. The van der Waals surface area contributed by atoms with Crippen molar-refractivity contribution in [1.29, 1.82) is 0 Å². The van der Waals surface area contributed by atoms with Gasteiger partial charge in [-0.05, 0) is 43.6 Å². The van der Waals surface area contributed by atoms with Gasteiger partial charge in [0.15, 0.2) is 0 Å². The normalized spacial score (nSPS) is 16.5. The molecule has 0 radical (unpaired) electrons. The van der Waals surface area contributed by atoms with Crippen LogP contribution in [0.1, 0.15) is 37.7 Å². The summed E-state index contributed by atoms with van der Waals surface area (Å²) >= 11 is 0. The fraction of sp³-hybridized carbons (Fsp3) is 0.500.